The molecular formula is C15H18N2O3. The number of carbonyl (C=O) groups excluding carboxylic acids is 1. The molecule has 0 saturated carbocycles. The Kier molecular flexibility index (Phi) is 3.04. The number of rotatable bonds is 3. The highest BCUT2D eigenvalue weighted by molar-refractivity contribution is 6.02. The lowest BCUT2D eigenvalue weighted by Gasteiger charge is -2.08. The molecule has 2 aromatic rings. The van der Waals surface area contributed by atoms with Crippen LogP contribution in [0.5, 0.6) is 11.5 Å². The van der Waals surface area contributed by atoms with Crippen LogP contribution in [0.15, 0.2) is 12.1 Å². The van der Waals surface area contributed by atoms with Crippen molar-refractivity contribution in [2.45, 2.75) is 26.4 Å². The highest BCUT2D eigenvalue weighted by Crippen LogP contribution is 2.41. The van der Waals surface area contributed by atoms with Gasteiger partial charge in [0.05, 0.1) is 12.1 Å². The van der Waals surface area contributed by atoms with E-state index < -0.39 is 0 Å². The van der Waals surface area contributed by atoms with Gasteiger partial charge in [0.15, 0.2) is 0 Å². The molecule has 1 aliphatic rings. The van der Waals surface area contributed by atoms with Crippen molar-refractivity contribution < 1.29 is 14.3 Å². The van der Waals surface area contributed by atoms with Gasteiger partial charge in [-0.2, -0.15) is 0 Å². The van der Waals surface area contributed by atoms with Gasteiger partial charge in [0.1, 0.15) is 23.3 Å². The molecule has 20 heavy (non-hydrogen) atoms. The van der Waals surface area contributed by atoms with Crippen LogP contribution in [0, 0.1) is 0 Å². The third kappa shape index (κ3) is 1.90. The fourth-order valence-electron chi connectivity index (χ4n) is 2.66. The monoisotopic (exact) mass is 274 g/mol. The minimum atomic E-state index is -0.150. The van der Waals surface area contributed by atoms with Crippen molar-refractivity contribution in [3.8, 4) is 11.5 Å². The molecule has 0 saturated heterocycles. The van der Waals surface area contributed by atoms with E-state index in [2.05, 4.69) is 10.3 Å². The number of hydrogen-bond acceptors (Lipinski definition) is 3. The number of hydrogen-bond donors (Lipinski definition) is 2. The number of fused-ring (bicyclic) bond motifs is 3. The topological polar surface area (TPSA) is 63.4 Å². The molecule has 106 valence electrons. The van der Waals surface area contributed by atoms with Gasteiger partial charge >= 0.3 is 0 Å². The fraction of sp³-hybridized carbons (Fsp3) is 0.400. The summed E-state index contributed by atoms with van der Waals surface area (Å²) in [5, 5.41) is 3.51. The molecule has 0 aliphatic carbocycles. The van der Waals surface area contributed by atoms with E-state index in [1.54, 1.807) is 7.05 Å². The second kappa shape index (κ2) is 4.74. The van der Waals surface area contributed by atoms with Gasteiger partial charge in [-0.3, -0.25) is 4.79 Å². The van der Waals surface area contributed by atoms with Crippen molar-refractivity contribution in [2.24, 2.45) is 0 Å². The summed E-state index contributed by atoms with van der Waals surface area (Å²) in [5.41, 5.74) is 2.48. The molecule has 1 aromatic heterocycles. The first-order valence-electron chi connectivity index (χ1n) is 6.84. The van der Waals surface area contributed by atoms with Crippen molar-refractivity contribution in [1.29, 1.82) is 0 Å². The highest BCUT2D eigenvalue weighted by atomic mass is 16.5. The van der Waals surface area contributed by atoms with Crippen LogP contribution in [0.25, 0.3) is 10.9 Å². The molecule has 0 unspecified atom stereocenters. The van der Waals surface area contributed by atoms with Gasteiger partial charge in [-0.05, 0) is 26.0 Å². The van der Waals surface area contributed by atoms with E-state index in [0.717, 1.165) is 34.4 Å². The Balaban J connectivity index is 2.22. The van der Waals surface area contributed by atoms with Crippen molar-refractivity contribution in [3.63, 3.8) is 0 Å². The van der Waals surface area contributed by atoms with Crippen molar-refractivity contribution in [3.05, 3.63) is 23.4 Å². The summed E-state index contributed by atoms with van der Waals surface area (Å²) < 4.78 is 11.6. The zero-order valence-electron chi connectivity index (χ0n) is 11.9. The van der Waals surface area contributed by atoms with Crippen molar-refractivity contribution in [1.82, 2.24) is 10.3 Å². The number of aromatic nitrogens is 1. The van der Waals surface area contributed by atoms with Gasteiger partial charge < -0.3 is 19.8 Å². The van der Waals surface area contributed by atoms with Gasteiger partial charge in [0, 0.05) is 24.4 Å². The molecule has 1 atom stereocenters. The van der Waals surface area contributed by atoms with Gasteiger partial charge in [0.2, 0.25) is 0 Å². The maximum Gasteiger partial charge on any atom is 0.267 e. The minimum Gasteiger partial charge on any atom is -0.493 e. The number of benzene rings is 1. The van der Waals surface area contributed by atoms with Gasteiger partial charge in [0.25, 0.3) is 5.91 Å². The number of aromatic amines is 1. The van der Waals surface area contributed by atoms with E-state index in [9.17, 15) is 4.79 Å². The first-order valence-corrected chi connectivity index (χ1v) is 6.84. The first-order chi connectivity index (χ1) is 9.63. The average Bonchev–Trinajstić information content (AvgIpc) is 3.01. The predicted octanol–water partition coefficient (Wildman–Crippen LogP) is 2.25. The Morgan fingerprint density at radius 1 is 1.55 bits per heavy atom. The third-order valence-corrected chi connectivity index (χ3v) is 3.51. The van der Waals surface area contributed by atoms with Crippen LogP contribution in [0.2, 0.25) is 0 Å². The molecule has 2 N–H and O–H groups in total. The molecule has 0 radical (unpaired) electrons. The lowest BCUT2D eigenvalue weighted by Crippen LogP contribution is -2.17. The molecule has 2 heterocycles. The molecule has 5 heteroatoms. The van der Waals surface area contributed by atoms with E-state index in [1.165, 1.54) is 0 Å². The Hall–Kier alpha value is -2.17. The summed E-state index contributed by atoms with van der Waals surface area (Å²) in [4.78, 5) is 14.9. The molecule has 1 aliphatic heterocycles. The van der Waals surface area contributed by atoms with Crippen LogP contribution in [-0.2, 0) is 6.42 Å². The Morgan fingerprint density at radius 2 is 2.35 bits per heavy atom. The van der Waals surface area contributed by atoms with E-state index in [0.29, 0.717) is 12.3 Å². The molecule has 0 bridgehead atoms. The van der Waals surface area contributed by atoms with Crippen molar-refractivity contribution >= 4 is 16.8 Å². The van der Waals surface area contributed by atoms with Gasteiger partial charge in [-0.15, -0.1) is 0 Å². The Bertz CT molecular complexity index is 675. The summed E-state index contributed by atoms with van der Waals surface area (Å²) in [6.07, 6.45) is 1.01. The summed E-state index contributed by atoms with van der Waals surface area (Å²) in [6, 6.07) is 3.83. The zero-order chi connectivity index (χ0) is 14.3. The lowest BCUT2D eigenvalue weighted by atomic mass is 10.1. The zero-order valence-corrected chi connectivity index (χ0v) is 11.9. The lowest BCUT2D eigenvalue weighted by molar-refractivity contribution is 0.0959. The molecule has 3 rings (SSSR count). The Labute approximate surface area is 117 Å². The first kappa shape index (κ1) is 12.8. The second-order valence-corrected chi connectivity index (χ2v) is 4.98. The maximum absolute atomic E-state index is 11.8. The molecular weight excluding hydrogens is 256 g/mol. The number of nitrogens with one attached hydrogen (secondary N) is 2. The third-order valence-electron chi connectivity index (χ3n) is 3.51. The van der Waals surface area contributed by atoms with Crippen molar-refractivity contribution in [2.75, 3.05) is 13.7 Å². The number of carbonyl (C=O) groups is 1. The molecule has 5 nitrogen and oxygen atoms in total. The average molecular weight is 274 g/mol. The number of amides is 1. The van der Waals surface area contributed by atoms with E-state index in [1.807, 2.05) is 26.0 Å². The smallest absolute Gasteiger partial charge is 0.267 e. The predicted molar refractivity (Wildman–Crippen MR) is 76.7 cm³/mol. The summed E-state index contributed by atoms with van der Waals surface area (Å²) in [6.45, 7) is 4.57. The van der Waals surface area contributed by atoms with Gasteiger partial charge in [-0.25, -0.2) is 0 Å². The van der Waals surface area contributed by atoms with Crippen LogP contribution in [0.3, 0.4) is 0 Å². The number of H-pyrrole nitrogens is 1. The van der Waals surface area contributed by atoms with E-state index >= 15 is 0 Å². The van der Waals surface area contributed by atoms with Crippen LogP contribution in [-0.4, -0.2) is 30.6 Å². The summed E-state index contributed by atoms with van der Waals surface area (Å²) >= 11 is 0. The van der Waals surface area contributed by atoms with E-state index in [4.69, 9.17) is 9.47 Å². The normalized spacial score (nSPS) is 16.9. The summed E-state index contributed by atoms with van der Waals surface area (Å²) in [5.74, 6) is 1.49. The minimum absolute atomic E-state index is 0.150. The molecule has 0 spiro atoms. The SMILES string of the molecule is CCOc1cc2c(c3[nH]c(C(=O)NC)cc13)O[C@H](C)C2. The van der Waals surface area contributed by atoms with Crippen LogP contribution in [0.4, 0.5) is 0 Å². The molecule has 1 aromatic carbocycles. The maximum atomic E-state index is 11.8. The molecule has 1 amide bonds. The largest absolute Gasteiger partial charge is 0.493 e. The Morgan fingerprint density at radius 3 is 3.05 bits per heavy atom. The molecule has 0 fully saturated rings. The van der Waals surface area contributed by atoms with Gasteiger partial charge in [-0.1, -0.05) is 0 Å². The fourth-order valence-corrected chi connectivity index (χ4v) is 2.66. The standard InChI is InChI=1S/C15H18N2O3/c1-4-19-12-6-9-5-8(2)20-14(9)13-10(12)7-11(17-13)15(18)16-3/h6-8,17H,4-5H2,1-3H3,(H,16,18)/t8-/m1/s1. The summed E-state index contributed by atoms with van der Waals surface area (Å²) in [7, 11) is 1.61. The number of ether oxygens (including phenoxy) is 2. The quantitative estimate of drug-likeness (QED) is 0.902. The van der Waals surface area contributed by atoms with Crippen LogP contribution in [0.1, 0.15) is 29.9 Å². The van der Waals surface area contributed by atoms with Crippen LogP contribution >= 0.6 is 0 Å². The highest BCUT2D eigenvalue weighted by Gasteiger charge is 2.25. The van der Waals surface area contributed by atoms with Crippen LogP contribution < -0.4 is 14.8 Å². The van der Waals surface area contributed by atoms with E-state index in [-0.39, 0.29) is 12.0 Å². The second-order valence-electron chi connectivity index (χ2n) is 4.98.